The fraction of sp³-hybridized carbons (Fsp3) is 0.679. The van der Waals surface area contributed by atoms with E-state index in [1.54, 1.807) is 0 Å². The number of carbonyl (C=O) groups is 1. The number of benzene rings is 1. The van der Waals surface area contributed by atoms with Crippen molar-refractivity contribution in [2.75, 3.05) is 32.7 Å². The minimum absolute atomic E-state index is 0.0771. The van der Waals surface area contributed by atoms with Crippen molar-refractivity contribution >= 4 is 5.97 Å². The van der Waals surface area contributed by atoms with E-state index in [4.69, 9.17) is 4.74 Å². The van der Waals surface area contributed by atoms with Gasteiger partial charge in [0.15, 0.2) is 6.10 Å². The van der Waals surface area contributed by atoms with E-state index in [2.05, 4.69) is 55.7 Å². The van der Waals surface area contributed by atoms with Gasteiger partial charge in [-0.15, -0.1) is 0 Å². The maximum atomic E-state index is 13.0. The maximum absolute atomic E-state index is 13.0. The lowest BCUT2D eigenvalue weighted by Crippen LogP contribution is -2.56. The second kappa shape index (κ2) is 8.51. The molecule has 33 heavy (non-hydrogen) atoms. The average Bonchev–Trinajstić information content (AvgIpc) is 3.02. The van der Waals surface area contributed by atoms with Crippen LogP contribution < -0.4 is 0 Å². The van der Waals surface area contributed by atoms with Crippen molar-refractivity contribution in [2.24, 2.45) is 11.3 Å². The van der Waals surface area contributed by atoms with E-state index in [-0.39, 0.29) is 11.4 Å². The van der Waals surface area contributed by atoms with Crippen LogP contribution in [0, 0.1) is 25.2 Å². The fourth-order valence-electron chi connectivity index (χ4n) is 7.05. The topological polar surface area (TPSA) is 53.0 Å². The summed E-state index contributed by atoms with van der Waals surface area (Å²) in [5.74, 6) is -0.643. The Kier molecular flexibility index (Phi) is 5.95. The summed E-state index contributed by atoms with van der Waals surface area (Å²) in [5, 5.41) is 11.8. The number of hydrogen-bond donors (Lipinski definition) is 1. The summed E-state index contributed by atoms with van der Waals surface area (Å²) in [5.41, 5.74) is 5.74. The first-order chi connectivity index (χ1) is 15.7. The predicted octanol–water partition coefficient (Wildman–Crippen LogP) is 3.99. The fourth-order valence-corrected chi connectivity index (χ4v) is 7.05. The second-order valence-corrected chi connectivity index (χ2v) is 11.4. The number of carbonyl (C=O) groups excluding carboxylic acids is 1. The highest BCUT2D eigenvalue weighted by molar-refractivity contribution is 5.78. The van der Waals surface area contributed by atoms with Gasteiger partial charge in [-0.2, -0.15) is 0 Å². The predicted molar refractivity (Wildman–Crippen MR) is 130 cm³/mol. The zero-order valence-electron chi connectivity index (χ0n) is 20.8. The lowest BCUT2D eigenvalue weighted by atomic mass is 9.58. The van der Waals surface area contributed by atoms with Gasteiger partial charge in [0, 0.05) is 39.3 Å². The number of rotatable bonds is 4. The molecule has 5 rings (SSSR count). The van der Waals surface area contributed by atoms with E-state index in [9.17, 15) is 9.90 Å². The van der Waals surface area contributed by atoms with Crippen LogP contribution in [-0.2, 0) is 16.1 Å². The van der Waals surface area contributed by atoms with Gasteiger partial charge in [-0.05, 0) is 80.6 Å². The molecule has 1 saturated carbocycles. The zero-order valence-corrected chi connectivity index (χ0v) is 20.8. The minimum atomic E-state index is -1.06. The molecule has 2 unspecified atom stereocenters. The van der Waals surface area contributed by atoms with E-state index in [1.807, 2.05) is 0 Å². The summed E-state index contributed by atoms with van der Waals surface area (Å²) in [6, 6.07) is 6.52. The molecule has 0 spiro atoms. The van der Waals surface area contributed by atoms with E-state index < -0.39 is 17.6 Å². The molecule has 0 radical (unpaired) electrons. The van der Waals surface area contributed by atoms with Gasteiger partial charge in [0.05, 0.1) is 0 Å². The first-order valence-corrected chi connectivity index (χ1v) is 12.8. The number of esters is 1. The number of allylic oxidation sites excluding steroid dienone is 1. The number of hydrogen-bond acceptors (Lipinski definition) is 5. The highest BCUT2D eigenvalue weighted by Crippen LogP contribution is 2.57. The molecule has 4 atom stereocenters. The zero-order chi connectivity index (χ0) is 23.4. The lowest BCUT2D eigenvalue weighted by Gasteiger charge is -2.49. The Morgan fingerprint density at radius 2 is 1.70 bits per heavy atom. The van der Waals surface area contributed by atoms with Gasteiger partial charge >= 0.3 is 5.97 Å². The van der Waals surface area contributed by atoms with Gasteiger partial charge < -0.3 is 9.84 Å². The van der Waals surface area contributed by atoms with Crippen molar-refractivity contribution in [1.29, 1.82) is 0 Å². The summed E-state index contributed by atoms with van der Waals surface area (Å²) in [4.78, 5) is 17.9. The number of aryl methyl sites for hydroxylation is 2. The Labute approximate surface area is 198 Å². The lowest BCUT2D eigenvalue weighted by molar-refractivity contribution is -0.144. The molecule has 2 saturated heterocycles. The van der Waals surface area contributed by atoms with Crippen molar-refractivity contribution in [3.8, 4) is 0 Å². The van der Waals surface area contributed by atoms with Crippen molar-refractivity contribution in [1.82, 2.24) is 9.80 Å². The Bertz CT molecular complexity index is 944. The molecule has 1 aromatic carbocycles. The molecular formula is C28H40N2O3. The van der Waals surface area contributed by atoms with E-state index in [1.165, 1.54) is 34.3 Å². The highest BCUT2D eigenvalue weighted by Gasteiger charge is 2.63. The molecule has 5 nitrogen and oxygen atoms in total. The standard InChI is InChI=1S/C28H40N2O3/c1-19-7-5-8-20(2)22(19)17-29-13-15-30(16-14-29)18-23-26(31)33-25-24-21(3)9-6-10-27(24,4)11-12-28(23,25)32/h5,7-8,23,25,32H,6,9-18H2,1-4H3/t23?,25-,27+,28?/m0/s1. The first kappa shape index (κ1) is 23.1. The van der Waals surface area contributed by atoms with Gasteiger partial charge in [-0.25, -0.2) is 0 Å². The molecular weight excluding hydrogens is 412 g/mol. The normalized spacial score (nSPS) is 35.4. The summed E-state index contributed by atoms with van der Waals surface area (Å²) in [6.45, 7) is 14.3. The van der Waals surface area contributed by atoms with Gasteiger partial charge in [0.1, 0.15) is 11.5 Å². The quantitative estimate of drug-likeness (QED) is 0.553. The molecule has 5 heteroatoms. The van der Waals surface area contributed by atoms with E-state index in [0.717, 1.165) is 52.0 Å². The van der Waals surface area contributed by atoms with Crippen LogP contribution in [0.3, 0.4) is 0 Å². The number of aliphatic hydroxyl groups is 1. The SMILES string of the molecule is CC1=C2[C@@H]3OC(=O)C(CN4CCN(Cc5c(C)cccc5C)CC4)C3(O)CC[C@@]2(C)CCC1. The summed E-state index contributed by atoms with van der Waals surface area (Å²) >= 11 is 0. The number of ether oxygens (including phenoxy) is 1. The largest absolute Gasteiger partial charge is 0.454 e. The molecule has 2 heterocycles. The molecule has 3 fully saturated rings. The Morgan fingerprint density at radius 1 is 1.03 bits per heavy atom. The first-order valence-electron chi connectivity index (χ1n) is 12.8. The molecule has 2 aliphatic carbocycles. The molecule has 2 aliphatic heterocycles. The molecule has 4 aliphatic rings. The van der Waals surface area contributed by atoms with Gasteiger partial charge in [-0.3, -0.25) is 14.6 Å². The Hall–Kier alpha value is -1.69. The van der Waals surface area contributed by atoms with Crippen LogP contribution in [0.2, 0.25) is 0 Å². The molecule has 0 amide bonds. The van der Waals surface area contributed by atoms with Crippen LogP contribution in [0.25, 0.3) is 0 Å². The van der Waals surface area contributed by atoms with Crippen LogP contribution in [0.5, 0.6) is 0 Å². The number of piperazine rings is 1. The Balaban J connectivity index is 1.25. The third-order valence-electron chi connectivity index (χ3n) is 9.24. The average molecular weight is 453 g/mol. The van der Waals surface area contributed by atoms with E-state index >= 15 is 0 Å². The number of nitrogens with zero attached hydrogens (tertiary/aromatic N) is 2. The van der Waals surface area contributed by atoms with Crippen molar-refractivity contribution < 1.29 is 14.6 Å². The molecule has 0 bridgehead atoms. The molecule has 1 aromatic rings. The van der Waals surface area contributed by atoms with Gasteiger partial charge in [0.25, 0.3) is 0 Å². The van der Waals surface area contributed by atoms with Crippen LogP contribution in [0.15, 0.2) is 29.3 Å². The summed E-state index contributed by atoms with van der Waals surface area (Å²) < 4.78 is 5.97. The van der Waals surface area contributed by atoms with Crippen LogP contribution >= 0.6 is 0 Å². The monoisotopic (exact) mass is 452 g/mol. The number of fused-ring (bicyclic) bond motifs is 3. The third kappa shape index (κ3) is 3.96. The summed E-state index contributed by atoms with van der Waals surface area (Å²) in [7, 11) is 0. The molecule has 0 aromatic heterocycles. The van der Waals surface area contributed by atoms with Crippen molar-refractivity contribution in [3.63, 3.8) is 0 Å². The molecule has 1 N–H and O–H groups in total. The smallest absolute Gasteiger partial charge is 0.314 e. The molecule has 180 valence electrons. The maximum Gasteiger partial charge on any atom is 0.314 e. The Morgan fingerprint density at radius 3 is 2.39 bits per heavy atom. The van der Waals surface area contributed by atoms with Gasteiger partial charge in [0.2, 0.25) is 0 Å². The van der Waals surface area contributed by atoms with Crippen molar-refractivity contribution in [3.05, 3.63) is 46.0 Å². The third-order valence-corrected chi connectivity index (χ3v) is 9.24. The van der Waals surface area contributed by atoms with Crippen LogP contribution in [0.4, 0.5) is 0 Å². The highest BCUT2D eigenvalue weighted by atomic mass is 16.6. The van der Waals surface area contributed by atoms with Crippen molar-refractivity contribution in [2.45, 2.75) is 78.0 Å². The van der Waals surface area contributed by atoms with E-state index in [0.29, 0.717) is 13.0 Å². The second-order valence-electron chi connectivity index (χ2n) is 11.4. The van der Waals surface area contributed by atoms with Crippen LogP contribution in [0.1, 0.15) is 62.6 Å². The van der Waals surface area contributed by atoms with Crippen LogP contribution in [-0.4, -0.2) is 65.3 Å². The minimum Gasteiger partial charge on any atom is -0.454 e. The van der Waals surface area contributed by atoms with Gasteiger partial charge in [-0.1, -0.05) is 30.7 Å². The summed E-state index contributed by atoms with van der Waals surface area (Å²) in [6.07, 6.45) is 4.55.